The number of hydrogen-bond acceptors (Lipinski definition) is 6. The van der Waals surface area contributed by atoms with Gasteiger partial charge in [-0.15, -0.1) is 11.3 Å². The summed E-state index contributed by atoms with van der Waals surface area (Å²) in [6, 6.07) is 8.17. The molecule has 1 amide bonds. The molecule has 168 valence electrons. The van der Waals surface area contributed by atoms with Gasteiger partial charge >= 0.3 is 0 Å². The summed E-state index contributed by atoms with van der Waals surface area (Å²) >= 11 is 1.37. The number of allylic oxidation sites excluding steroid dienone is 5. The lowest BCUT2D eigenvalue weighted by molar-refractivity contribution is 0.0771. The van der Waals surface area contributed by atoms with Crippen LogP contribution in [0.3, 0.4) is 0 Å². The van der Waals surface area contributed by atoms with E-state index in [0.29, 0.717) is 34.8 Å². The monoisotopic (exact) mass is 461 g/mol. The number of carbonyl (C=O) groups is 1. The smallest absolute Gasteiger partial charge is 0.264 e. The minimum atomic E-state index is -0.593. The van der Waals surface area contributed by atoms with E-state index in [2.05, 4.69) is 10.6 Å². The highest BCUT2D eigenvalue weighted by Gasteiger charge is 2.24. The van der Waals surface area contributed by atoms with E-state index in [9.17, 15) is 9.18 Å². The van der Waals surface area contributed by atoms with Crippen LogP contribution < -0.4 is 10.6 Å². The Balaban J connectivity index is 1.81. The molecule has 8 heteroatoms. The second-order valence-corrected chi connectivity index (χ2v) is 8.84. The lowest BCUT2D eigenvalue weighted by Crippen LogP contribution is -2.33. The van der Waals surface area contributed by atoms with Crippen molar-refractivity contribution in [3.63, 3.8) is 0 Å². The summed E-state index contributed by atoms with van der Waals surface area (Å²) in [4.78, 5) is 16.6. The van der Waals surface area contributed by atoms with Gasteiger partial charge in [-0.1, -0.05) is 12.1 Å². The predicted octanol–water partition coefficient (Wildman–Crippen LogP) is 3.94. The highest BCUT2D eigenvalue weighted by Crippen LogP contribution is 2.39. The molecule has 0 bridgehead atoms. The molecule has 33 heavy (non-hydrogen) atoms. The van der Waals surface area contributed by atoms with E-state index in [1.165, 1.54) is 23.5 Å². The summed E-state index contributed by atoms with van der Waals surface area (Å²) in [7, 11) is 1.77. The van der Waals surface area contributed by atoms with E-state index in [1.807, 2.05) is 29.2 Å². The van der Waals surface area contributed by atoms with Crippen LogP contribution in [-0.4, -0.2) is 49.7 Å². The highest BCUT2D eigenvalue weighted by molar-refractivity contribution is 7.15. The molecule has 1 fully saturated rings. The Morgan fingerprint density at radius 3 is 2.91 bits per heavy atom. The molecule has 0 atom stereocenters. The van der Waals surface area contributed by atoms with Crippen LogP contribution in [0.5, 0.6) is 0 Å². The van der Waals surface area contributed by atoms with E-state index in [0.717, 1.165) is 35.5 Å². The largest absolute Gasteiger partial charge is 0.393 e. The number of benzene rings is 1. The number of rotatable bonds is 4. The van der Waals surface area contributed by atoms with Gasteiger partial charge in [-0.3, -0.25) is 4.79 Å². The minimum Gasteiger partial charge on any atom is -0.393 e. The van der Waals surface area contributed by atoms with Crippen molar-refractivity contribution in [1.82, 2.24) is 15.5 Å². The van der Waals surface area contributed by atoms with E-state index >= 15 is 0 Å². The first-order chi connectivity index (χ1) is 16.0. The second kappa shape index (κ2) is 9.94. The van der Waals surface area contributed by atoms with E-state index in [4.69, 9.17) is 10.7 Å². The van der Waals surface area contributed by atoms with E-state index in [1.54, 1.807) is 25.4 Å². The molecular weight excluding hydrogens is 437 g/mol. The number of hydrogen-bond donors (Lipinski definition) is 3. The van der Waals surface area contributed by atoms with Crippen LogP contribution >= 0.6 is 11.3 Å². The molecule has 1 saturated heterocycles. The lowest BCUT2D eigenvalue weighted by Gasteiger charge is -2.18. The minimum absolute atomic E-state index is 0.0200. The fourth-order valence-electron chi connectivity index (χ4n) is 3.88. The normalized spacial score (nSPS) is 17.5. The van der Waals surface area contributed by atoms with Crippen LogP contribution in [0.2, 0.25) is 0 Å². The molecule has 0 saturated carbocycles. The van der Waals surface area contributed by atoms with Crippen molar-refractivity contribution >= 4 is 28.5 Å². The Morgan fingerprint density at radius 2 is 2.15 bits per heavy atom. The van der Waals surface area contributed by atoms with E-state index < -0.39 is 5.82 Å². The Kier molecular flexibility index (Phi) is 6.82. The van der Waals surface area contributed by atoms with Gasteiger partial charge in [-0.05, 0) is 54.5 Å². The Bertz CT molecular complexity index is 1230. The SMILES string of the molecule is CN/C=C1/C=C(c2sc(C(=O)N3CCCNCC3)cc2-c2ccc(C#N)c(F)c2)C=CC1=N. The standard InChI is InChI=1S/C25H24FN5OS/c1-29-15-19-11-17(5-6-22(19)28)24-20(16-3-4-18(14-27)21(26)12-16)13-23(33-24)25(32)31-9-2-7-30-8-10-31/h3-6,11-13,15,28-30H,2,7-10H2,1H3/b19-15-,28-22?. The summed E-state index contributed by atoms with van der Waals surface area (Å²) in [5.41, 5.74) is 3.24. The van der Waals surface area contributed by atoms with Crippen LogP contribution in [0.4, 0.5) is 4.39 Å². The first kappa shape index (κ1) is 22.6. The molecule has 2 aromatic rings. The zero-order chi connectivity index (χ0) is 23.4. The molecule has 1 aromatic carbocycles. The molecular formula is C25H24FN5OS. The van der Waals surface area contributed by atoms with Crippen LogP contribution in [0, 0.1) is 22.6 Å². The van der Waals surface area contributed by atoms with Crippen molar-refractivity contribution in [2.24, 2.45) is 0 Å². The van der Waals surface area contributed by atoms with Gasteiger partial charge in [0.1, 0.15) is 11.9 Å². The van der Waals surface area contributed by atoms with Crippen LogP contribution in [0.1, 0.15) is 26.5 Å². The fourth-order valence-corrected chi connectivity index (χ4v) is 5.03. The van der Waals surface area contributed by atoms with E-state index in [-0.39, 0.29) is 11.5 Å². The molecule has 1 aliphatic carbocycles. The fraction of sp³-hybridized carbons (Fsp3) is 0.240. The zero-order valence-electron chi connectivity index (χ0n) is 18.2. The van der Waals surface area contributed by atoms with Crippen molar-refractivity contribution in [3.8, 4) is 17.2 Å². The summed E-state index contributed by atoms with van der Waals surface area (Å²) in [6.45, 7) is 2.97. The maximum Gasteiger partial charge on any atom is 0.264 e. The quantitative estimate of drug-likeness (QED) is 0.643. The number of thiophene rings is 1. The highest BCUT2D eigenvalue weighted by atomic mass is 32.1. The van der Waals surface area contributed by atoms with Gasteiger partial charge in [0.05, 0.1) is 16.2 Å². The third-order valence-electron chi connectivity index (χ3n) is 5.58. The molecule has 4 rings (SSSR count). The summed E-state index contributed by atoms with van der Waals surface area (Å²) in [5, 5.41) is 23.5. The number of nitrogens with zero attached hydrogens (tertiary/aromatic N) is 2. The number of nitriles is 1. The lowest BCUT2D eigenvalue weighted by atomic mass is 9.95. The second-order valence-electron chi connectivity index (χ2n) is 7.79. The third kappa shape index (κ3) is 4.80. The molecule has 0 spiro atoms. The number of halogens is 1. The van der Waals surface area contributed by atoms with Crippen LogP contribution in [0.25, 0.3) is 16.7 Å². The molecule has 1 aromatic heterocycles. The maximum absolute atomic E-state index is 14.4. The number of nitrogens with one attached hydrogen (secondary N) is 3. The summed E-state index contributed by atoms with van der Waals surface area (Å²) < 4.78 is 14.4. The Labute approximate surface area is 196 Å². The molecule has 3 N–H and O–H groups in total. The third-order valence-corrected chi connectivity index (χ3v) is 6.76. The molecule has 0 radical (unpaired) electrons. The van der Waals surface area contributed by atoms with Gasteiger partial charge in [0.15, 0.2) is 0 Å². The average molecular weight is 462 g/mol. The van der Waals surface area contributed by atoms with Crippen molar-refractivity contribution < 1.29 is 9.18 Å². The molecule has 6 nitrogen and oxygen atoms in total. The molecule has 2 aliphatic rings. The van der Waals surface area contributed by atoms with Crippen molar-refractivity contribution in [1.29, 1.82) is 10.7 Å². The van der Waals surface area contributed by atoms with Gasteiger partial charge < -0.3 is 20.9 Å². The van der Waals surface area contributed by atoms with Gasteiger partial charge in [-0.25, -0.2) is 4.39 Å². The van der Waals surface area contributed by atoms with Crippen molar-refractivity contribution in [2.75, 3.05) is 33.2 Å². The maximum atomic E-state index is 14.4. The van der Waals surface area contributed by atoms with Crippen LogP contribution in [-0.2, 0) is 0 Å². The first-order valence-electron chi connectivity index (χ1n) is 10.7. The Morgan fingerprint density at radius 1 is 1.30 bits per heavy atom. The summed E-state index contributed by atoms with van der Waals surface area (Å²) in [5.74, 6) is -0.631. The zero-order valence-corrected chi connectivity index (χ0v) is 19.1. The van der Waals surface area contributed by atoms with Crippen LogP contribution in [0.15, 0.2) is 54.3 Å². The van der Waals surface area contributed by atoms with Gasteiger partial charge in [-0.2, -0.15) is 5.26 Å². The predicted molar refractivity (Wildman–Crippen MR) is 130 cm³/mol. The Hall–Kier alpha value is -3.54. The summed E-state index contributed by atoms with van der Waals surface area (Å²) in [6.07, 6.45) is 8.08. The average Bonchev–Trinajstić information content (AvgIpc) is 3.08. The van der Waals surface area contributed by atoms with Gasteiger partial charge in [0.2, 0.25) is 0 Å². The first-order valence-corrected chi connectivity index (χ1v) is 11.5. The van der Waals surface area contributed by atoms with Crippen molar-refractivity contribution in [2.45, 2.75) is 6.42 Å². The van der Waals surface area contributed by atoms with Gasteiger partial charge in [0, 0.05) is 48.9 Å². The molecule has 0 unspecified atom stereocenters. The van der Waals surface area contributed by atoms with Gasteiger partial charge in [0.25, 0.3) is 5.91 Å². The number of amides is 1. The topological polar surface area (TPSA) is 92.0 Å². The number of carbonyl (C=O) groups excluding carboxylic acids is 1. The molecule has 2 heterocycles. The molecule has 1 aliphatic heterocycles. The van der Waals surface area contributed by atoms with Crippen molar-refractivity contribution in [3.05, 3.63) is 75.4 Å².